The van der Waals surface area contributed by atoms with Crippen LogP contribution in [0.25, 0.3) is 0 Å². The Morgan fingerprint density at radius 1 is 1.38 bits per heavy atom. The summed E-state index contributed by atoms with van der Waals surface area (Å²) in [5, 5.41) is 0. The van der Waals surface area contributed by atoms with E-state index < -0.39 is 0 Å². The number of hydrogen-bond acceptors (Lipinski definition) is 4. The van der Waals surface area contributed by atoms with E-state index in [9.17, 15) is 4.79 Å². The lowest BCUT2D eigenvalue weighted by molar-refractivity contribution is -0.132. The number of aromatic nitrogens is 1. The van der Waals surface area contributed by atoms with E-state index in [1.54, 1.807) is 0 Å². The van der Waals surface area contributed by atoms with Crippen LogP contribution in [-0.4, -0.2) is 60.6 Å². The fourth-order valence-corrected chi connectivity index (χ4v) is 3.36. The molecule has 2 aliphatic rings. The number of carbonyl (C=O) groups is 1. The van der Waals surface area contributed by atoms with Gasteiger partial charge >= 0.3 is 0 Å². The fraction of sp³-hybridized carbons (Fsp3) is 0.625. The van der Waals surface area contributed by atoms with Gasteiger partial charge < -0.3 is 9.64 Å². The van der Waals surface area contributed by atoms with E-state index in [2.05, 4.69) is 22.0 Å². The van der Waals surface area contributed by atoms with Crippen molar-refractivity contribution in [3.05, 3.63) is 29.6 Å². The lowest BCUT2D eigenvalue weighted by Gasteiger charge is -2.30. The molecule has 0 saturated carbocycles. The first-order valence-corrected chi connectivity index (χ1v) is 7.52. The van der Waals surface area contributed by atoms with Crippen molar-refractivity contribution >= 4 is 5.91 Å². The summed E-state index contributed by atoms with van der Waals surface area (Å²) >= 11 is 0. The zero-order valence-electron chi connectivity index (χ0n) is 12.8. The largest absolute Gasteiger partial charge is 0.371 e. The molecule has 1 spiro atoms. The molecule has 21 heavy (non-hydrogen) atoms. The Bertz CT molecular complexity index is 517. The van der Waals surface area contributed by atoms with Crippen LogP contribution in [0, 0.1) is 12.3 Å². The van der Waals surface area contributed by atoms with Gasteiger partial charge in [0.15, 0.2) is 0 Å². The molecule has 2 fully saturated rings. The maximum atomic E-state index is 11.7. The van der Waals surface area contributed by atoms with Crippen LogP contribution in [0.3, 0.4) is 0 Å². The number of rotatable bonds is 2. The lowest BCUT2D eigenvalue weighted by atomic mass is 9.88. The number of likely N-dealkylation sites (N-methyl/N-ethyl adjacent to an activating group) is 1. The molecule has 1 unspecified atom stereocenters. The molecule has 1 amide bonds. The number of aryl methyl sites for hydroxylation is 1. The van der Waals surface area contributed by atoms with Crippen molar-refractivity contribution in [1.29, 1.82) is 0 Å². The van der Waals surface area contributed by atoms with E-state index in [0.29, 0.717) is 6.61 Å². The quantitative estimate of drug-likeness (QED) is 0.817. The second kappa shape index (κ2) is 5.73. The molecule has 114 valence electrons. The molecule has 1 atom stereocenters. The minimum absolute atomic E-state index is 0.0908. The molecule has 5 heteroatoms. The Morgan fingerprint density at radius 2 is 2.24 bits per heavy atom. The van der Waals surface area contributed by atoms with Gasteiger partial charge in [0.1, 0.15) is 6.61 Å². The first-order valence-electron chi connectivity index (χ1n) is 7.52. The average molecular weight is 289 g/mol. The van der Waals surface area contributed by atoms with Gasteiger partial charge in [-0.1, -0.05) is 6.07 Å². The maximum absolute atomic E-state index is 11.7. The first-order chi connectivity index (χ1) is 10.1. The van der Waals surface area contributed by atoms with Crippen molar-refractivity contribution in [2.45, 2.75) is 19.9 Å². The summed E-state index contributed by atoms with van der Waals surface area (Å²) in [6.45, 7) is 6.68. The molecular formula is C16H23N3O2. The Labute approximate surface area is 125 Å². The van der Waals surface area contributed by atoms with Gasteiger partial charge in [0, 0.05) is 44.0 Å². The second-order valence-electron chi connectivity index (χ2n) is 6.51. The Hall–Kier alpha value is -1.46. The van der Waals surface area contributed by atoms with E-state index in [1.165, 1.54) is 5.56 Å². The molecule has 3 rings (SSSR count). The van der Waals surface area contributed by atoms with Crippen LogP contribution in [0.2, 0.25) is 0 Å². The van der Waals surface area contributed by atoms with E-state index in [1.807, 2.05) is 25.1 Å². The highest BCUT2D eigenvalue weighted by Crippen LogP contribution is 2.33. The molecule has 0 aromatic carbocycles. The van der Waals surface area contributed by atoms with E-state index in [4.69, 9.17) is 4.74 Å². The second-order valence-corrected chi connectivity index (χ2v) is 6.51. The minimum atomic E-state index is 0.0908. The number of pyridine rings is 1. The number of nitrogens with zero attached hydrogens (tertiary/aromatic N) is 3. The molecule has 5 nitrogen and oxygen atoms in total. The zero-order chi connectivity index (χ0) is 14.9. The lowest BCUT2D eigenvalue weighted by Crippen LogP contribution is -2.40. The van der Waals surface area contributed by atoms with Crippen molar-refractivity contribution in [2.75, 3.05) is 39.9 Å². The highest BCUT2D eigenvalue weighted by molar-refractivity contribution is 5.77. The molecule has 2 saturated heterocycles. The van der Waals surface area contributed by atoms with Crippen LogP contribution in [0.4, 0.5) is 0 Å². The summed E-state index contributed by atoms with van der Waals surface area (Å²) in [6, 6.07) is 4.20. The molecule has 0 bridgehead atoms. The van der Waals surface area contributed by atoms with Gasteiger partial charge in [-0.25, -0.2) is 0 Å². The average Bonchev–Trinajstić information content (AvgIpc) is 2.77. The molecule has 0 aliphatic carbocycles. The predicted octanol–water partition coefficient (Wildman–Crippen LogP) is 1.07. The Morgan fingerprint density at radius 3 is 3.00 bits per heavy atom. The van der Waals surface area contributed by atoms with E-state index in [-0.39, 0.29) is 17.9 Å². The van der Waals surface area contributed by atoms with Gasteiger partial charge in [-0.15, -0.1) is 0 Å². The highest BCUT2D eigenvalue weighted by Gasteiger charge is 2.41. The molecule has 3 heterocycles. The van der Waals surface area contributed by atoms with Crippen LogP contribution >= 0.6 is 0 Å². The van der Waals surface area contributed by atoms with Gasteiger partial charge in [0.25, 0.3) is 0 Å². The van der Waals surface area contributed by atoms with Crippen LogP contribution < -0.4 is 0 Å². The summed E-state index contributed by atoms with van der Waals surface area (Å²) in [5.74, 6) is 0.0908. The third kappa shape index (κ3) is 3.24. The third-order valence-electron chi connectivity index (χ3n) is 4.53. The minimum Gasteiger partial charge on any atom is -0.371 e. The SMILES string of the molecule is Cc1ccc(CN2CCC3(COCC(=O)N(C)C3)C2)cn1. The van der Waals surface area contributed by atoms with E-state index in [0.717, 1.165) is 38.3 Å². The van der Waals surface area contributed by atoms with Crippen molar-refractivity contribution in [3.8, 4) is 0 Å². The fourth-order valence-electron chi connectivity index (χ4n) is 3.36. The monoisotopic (exact) mass is 289 g/mol. The van der Waals surface area contributed by atoms with Crippen LogP contribution in [0.1, 0.15) is 17.7 Å². The Kier molecular flexibility index (Phi) is 3.95. The van der Waals surface area contributed by atoms with Crippen LogP contribution in [0.5, 0.6) is 0 Å². The zero-order valence-corrected chi connectivity index (χ0v) is 12.8. The molecular weight excluding hydrogens is 266 g/mol. The van der Waals surface area contributed by atoms with E-state index >= 15 is 0 Å². The number of likely N-dealkylation sites (tertiary alicyclic amines) is 1. The molecule has 1 aromatic heterocycles. The summed E-state index contributed by atoms with van der Waals surface area (Å²) in [5.41, 5.74) is 2.39. The summed E-state index contributed by atoms with van der Waals surface area (Å²) in [6.07, 6.45) is 3.05. The molecule has 0 N–H and O–H groups in total. The summed E-state index contributed by atoms with van der Waals surface area (Å²) in [4.78, 5) is 20.4. The normalized spacial score (nSPS) is 27.3. The molecule has 2 aliphatic heterocycles. The smallest absolute Gasteiger partial charge is 0.248 e. The van der Waals surface area contributed by atoms with Gasteiger partial charge in [0.05, 0.1) is 6.61 Å². The van der Waals surface area contributed by atoms with Gasteiger partial charge in [-0.05, 0) is 31.5 Å². The van der Waals surface area contributed by atoms with Crippen LogP contribution in [-0.2, 0) is 16.1 Å². The van der Waals surface area contributed by atoms with Crippen LogP contribution in [0.15, 0.2) is 18.3 Å². The predicted molar refractivity (Wildman–Crippen MR) is 79.8 cm³/mol. The maximum Gasteiger partial charge on any atom is 0.248 e. The van der Waals surface area contributed by atoms with Gasteiger partial charge in [-0.2, -0.15) is 0 Å². The van der Waals surface area contributed by atoms with Gasteiger partial charge in [0.2, 0.25) is 5.91 Å². The van der Waals surface area contributed by atoms with Crippen molar-refractivity contribution in [3.63, 3.8) is 0 Å². The van der Waals surface area contributed by atoms with Crippen molar-refractivity contribution < 1.29 is 9.53 Å². The van der Waals surface area contributed by atoms with Crippen molar-refractivity contribution in [2.24, 2.45) is 5.41 Å². The third-order valence-corrected chi connectivity index (χ3v) is 4.53. The summed E-state index contributed by atoms with van der Waals surface area (Å²) in [7, 11) is 1.88. The molecule has 1 aromatic rings. The van der Waals surface area contributed by atoms with Crippen molar-refractivity contribution in [1.82, 2.24) is 14.8 Å². The molecule has 0 radical (unpaired) electrons. The first kappa shape index (κ1) is 14.5. The van der Waals surface area contributed by atoms with Gasteiger partial charge in [-0.3, -0.25) is 14.7 Å². The topological polar surface area (TPSA) is 45.7 Å². The number of ether oxygens (including phenoxy) is 1. The standard InChI is InChI=1S/C16H23N3O2/c1-13-3-4-14(7-17-13)8-19-6-5-16(11-19)10-18(2)15(20)9-21-12-16/h3-4,7H,5-6,8-12H2,1-2H3. The summed E-state index contributed by atoms with van der Waals surface area (Å²) < 4.78 is 5.60. The number of amides is 1. The highest BCUT2D eigenvalue weighted by atomic mass is 16.5. The Balaban J connectivity index is 1.64. The number of carbonyl (C=O) groups excluding carboxylic acids is 1. The number of hydrogen-bond donors (Lipinski definition) is 0.